The lowest BCUT2D eigenvalue weighted by Gasteiger charge is -2.46. The molecule has 0 bridgehead atoms. The van der Waals surface area contributed by atoms with Gasteiger partial charge in [-0.2, -0.15) is 5.10 Å². The Balaban J connectivity index is 0. The van der Waals surface area contributed by atoms with Gasteiger partial charge >= 0.3 is 0 Å². The number of hydrazone groups is 1. The number of aryl methyl sites for hydroxylation is 2. The average molecular weight is 547 g/mol. The fourth-order valence-corrected chi connectivity index (χ4v) is 4.37. The van der Waals surface area contributed by atoms with Crippen LogP contribution in [-0.4, -0.2) is 68.0 Å². The number of rotatable bonds is 11. The number of aliphatic imine (C=N–C) groups is 1. The summed E-state index contributed by atoms with van der Waals surface area (Å²) in [6.45, 7) is 21.3. The molecule has 1 atom stereocenters. The van der Waals surface area contributed by atoms with E-state index in [9.17, 15) is 9.59 Å². The molecule has 224 valence electrons. The predicted octanol–water partition coefficient (Wildman–Crippen LogP) is 5.42. The monoisotopic (exact) mass is 546 g/mol. The lowest BCUT2D eigenvalue weighted by atomic mass is 9.68. The molecule has 4 N–H and O–H groups in total. The normalized spacial score (nSPS) is 14.4. The molecule has 0 aliphatic carbocycles. The van der Waals surface area contributed by atoms with E-state index in [1.165, 1.54) is 23.9 Å². The second-order valence-electron chi connectivity index (χ2n) is 9.98. The summed E-state index contributed by atoms with van der Waals surface area (Å²) in [4.78, 5) is 28.2. The summed E-state index contributed by atoms with van der Waals surface area (Å²) in [6.07, 6.45) is 7.64. The fourth-order valence-electron chi connectivity index (χ4n) is 4.37. The molecule has 1 aromatic carbocycles. The Morgan fingerprint density at radius 3 is 2.08 bits per heavy atom. The second-order valence-corrected chi connectivity index (χ2v) is 9.98. The highest BCUT2D eigenvalue weighted by Gasteiger charge is 2.40. The number of hydrogen-bond donors (Lipinski definition) is 2. The van der Waals surface area contributed by atoms with E-state index in [-0.39, 0.29) is 17.2 Å². The van der Waals surface area contributed by atoms with Crippen LogP contribution >= 0.6 is 0 Å². The van der Waals surface area contributed by atoms with E-state index in [0.717, 1.165) is 45.3 Å². The molecule has 1 heterocycles. The molecule has 1 saturated heterocycles. The molecule has 1 aliphatic heterocycles. The zero-order valence-electron chi connectivity index (χ0n) is 26.2. The molecule has 0 spiro atoms. The van der Waals surface area contributed by atoms with E-state index >= 15 is 0 Å². The number of hydrogen-bond acceptors (Lipinski definition) is 5. The van der Waals surface area contributed by atoms with Crippen molar-refractivity contribution in [2.75, 3.05) is 33.2 Å². The summed E-state index contributed by atoms with van der Waals surface area (Å²) in [5.41, 5.74) is 12.3. The van der Waals surface area contributed by atoms with Crippen LogP contribution in [0.1, 0.15) is 91.2 Å². The van der Waals surface area contributed by atoms with Gasteiger partial charge in [0, 0.05) is 46.1 Å². The molecule has 1 unspecified atom stereocenters. The Morgan fingerprint density at radius 2 is 1.67 bits per heavy atom. The van der Waals surface area contributed by atoms with E-state index in [1.807, 2.05) is 25.9 Å². The lowest BCUT2D eigenvalue weighted by molar-refractivity contribution is -0.134. The summed E-state index contributed by atoms with van der Waals surface area (Å²) >= 11 is 0. The van der Waals surface area contributed by atoms with Crippen LogP contribution in [0.3, 0.4) is 0 Å². The highest BCUT2D eigenvalue weighted by Crippen LogP contribution is 2.41. The zero-order valence-corrected chi connectivity index (χ0v) is 26.2. The topological polar surface area (TPSA) is 117 Å². The number of carbonyl (C=O) groups is 2. The maximum absolute atomic E-state index is 12.7. The molecule has 39 heavy (non-hydrogen) atoms. The third kappa shape index (κ3) is 16.7. The van der Waals surface area contributed by atoms with Crippen molar-refractivity contribution in [1.82, 2.24) is 9.91 Å². The van der Waals surface area contributed by atoms with Gasteiger partial charge in [-0.05, 0) is 49.8 Å². The number of amides is 2. The minimum absolute atomic E-state index is 0.190. The maximum atomic E-state index is 12.7. The molecule has 1 aromatic rings. The lowest BCUT2D eigenvalue weighted by Crippen LogP contribution is -2.49. The minimum atomic E-state index is -0.336. The predicted molar refractivity (Wildman–Crippen MR) is 168 cm³/mol. The van der Waals surface area contributed by atoms with Gasteiger partial charge in [0.05, 0.1) is 0 Å². The molecule has 8 nitrogen and oxygen atoms in total. The first-order valence-electron chi connectivity index (χ1n) is 14.6. The quantitative estimate of drug-likeness (QED) is 0.219. The van der Waals surface area contributed by atoms with Crippen molar-refractivity contribution in [3.8, 4) is 0 Å². The van der Waals surface area contributed by atoms with Gasteiger partial charge in [-0.3, -0.25) is 19.6 Å². The Labute approximate surface area is 239 Å². The molecular formula is C31H58N6O2. The number of piperidine rings is 1. The number of likely N-dealkylation sites (tertiary alicyclic amines) is 1. The third-order valence-corrected chi connectivity index (χ3v) is 6.78. The first kappa shape index (κ1) is 38.4. The SMILES string of the molecule is C=N/C=N\N(C)CC1(C(C)CC)CCN(C(=O)CCc2ccc(C)cc2)CC1.CC.CCC.NCCC(N)=O. The fraction of sp³-hybridized carbons (Fsp3) is 0.677. The number of nitrogens with two attached hydrogens (primary N) is 2. The van der Waals surface area contributed by atoms with Crippen LogP contribution in [-0.2, 0) is 16.0 Å². The van der Waals surface area contributed by atoms with Gasteiger partial charge in [-0.25, -0.2) is 0 Å². The van der Waals surface area contributed by atoms with E-state index in [4.69, 9.17) is 5.73 Å². The van der Waals surface area contributed by atoms with E-state index < -0.39 is 0 Å². The molecular weight excluding hydrogens is 488 g/mol. The molecule has 2 amide bonds. The third-order valence-electron chi connectivity index (χ3n) is 6.78. The van der Waals surface area contributed by atoms with E-state index in [0.29, 0.717) is 25.3 Å². The standard InChI is InChI=1S/C23H36N4O.C3H8N2O.C3H8.C2H6/c1-6-20(3)23(17-26(5)25-18-24-4)13-15-27(16-14-23)22(28)12-11-21-9-7-19(2)8-10-21;4-2-1-3(5)6;1-3-2;1-2/h7-10,18,20H,4,6,11-17H2,1-3,5H3;1-2,4H2,(H2,5,6);3H2,1-2H3;1-2H3/b25-18-;;;. The Bertz CT molecular complexity index is 802. The van der Waals surface area contributed by atoms with Crippen molar-refractivity contribution < 1.29 is 9.59 Å². The van der Waals surface area contributed by atoms with Crippen LogP contribution in [0, 0.1) is 18.3 Å². The summed E-state index contributed by atoms with van der Waals surface area (Å²) in [5, 5.41) is 6.29. The molecule has 8 heteroatoms. The Morgan fingerprint density at radius 1 is 1.13 bits per heavy atom. The van der Waals surface area contributed by atoms with Crippen LogP contribution in [0.5, 0.6) is 0 Å². The van der Waals surface area contributed by atoms with Crippen LogP contribution in [0.15, 0.2) is 34.4 Å². The van der Waals surface area contributed by atoms with Crippen molar-refractivity contribution in [1.29, 1.82) is 0 Å². The molecule has 1 aliphatic rings. The Kier molecular flexibility index (Phi) is 22.8. The zero-order chi connectivity index (χ0) is 30.3. The van der Waals surface area contributed by atoms with Crippen molar-refractivity contribution in [3.05, 3.63) is 35.4 Å². The van der Waals surface area contributed by atoms with E-state index in [1.54, 1.807) is 0 Å². The van der Waals surface area contributed by atoms with Gasteiger partial charge in [0.1, 0.15) is 6.34 Å². The number of carbonyl (C=O) groups excluding carboxylic acids is 2. The van der Waals surface area contributed by atoms with Crippen LogP contribution in [0.4, 0.5) is 0 Å². The number of benzene rings is 1. The van der Waals surface area contributed by atoms with Gasteiger partial charge < -0.3 is 16.4 Å². The molecule has 0 aromatic heterocycles. The van der Waals surface area contributed by atoms with Crippen molar-refractivity contribution in [2.45, 2.75) is 93.4 Å². The van der Waals surface area contributed by atoms with Gasteiger partial charge in [-0.1, -0.05) is 84.2 Å². The van der Waals surface area contributed by atoms with Gasteiger partial charge in [0.2, 0.25) is 11.8 Å². The minimum Gasteiger partial charge on any atom is -0.370 e. The molecule has 0 saturated carbocycles. The van der Waals surface area contributed by atoms with Gasteiger partial charge in [0.25, 0.3) is 0 Å². The van der Waals surface area contributed by atoms with E-state index in [2.05, 4.69) is 86.3 Å². The Hall–Kier alpha value is -2.74. The van der Waals surface area contributed by atoms with Crippen molar-refractivity contribution in [2.24, 2.45) is 32.9 Å². The first-order chi connectivity index (χ1) is 18.6. The van der Waals surface area contributed by atoms with Crippen LogP contribution in [0.2, 0.25) is 0 Å². The van der Waals surface area contributed by atoms with Gasteiger partial charge in [-0.15, -0.1) is 0 Å². The summed E-state index contributed by atoms with van der Waals surface area (Å²) < 4.78 is 0. The highest BCUT2D eigenvalue weighted by atomic mass is 16.2. The number of nitrogens with zero attached hydrogens (tertiary/aromatic N) is 4. The van der Waals surface area contributed by atoms with Crippen LogP contribution in [0.25, 0.3) is 0 Å². The van der Waals surface area contributed by atoms with Crippen molar-refractivity contribution in [3.63, 3.8) is 0 Å². The molecule has 0 radical (unpaired) electrons. The average Bonchev–Trinajstić information content (AvgIpc) is 2.93. The summed E-state index contributed by atoms with van der Waals surface area (Å²) in [7, 11) is 1.99. The molecule has 1 fully saturated rings. The maximum Gasteiger partial charge on any atom is 0.222 e. The van der Waals surface area contributed by atoms with Gasteiger partial charge in [0.15, 0.2) is 0 Å². The largest absolute Gasteiger partial charge is 0.370 e. The highest BCUT2D eigenvalue weighted by molar-refractivity contribution is 5.76. The van der Waals surface area contributed by atoms with Crippen LogP contribution < -0.4 is 11.5 Å². The molecule has 2 rings (SSSR count). The first-order valence-corrected chi connectivity index (χ1v) is 14.6. The van der Waals surface area contributed by atoms with Crippen molar-refractivity contribution >= 4 is 24.9 Å². The smallest absolute Gasteiger partial charge is 0.222 e. The number of primary amides is 1. The summed E-state index contributed by atoms with van der Waals surface area (Å²) in [5.74, 6) is 0.532. The summed E-state index contributed by atoms with van der Waals surface area (Å²) in [6, 6.07) is 8.48. The second kappa shape index (κ2) is 23.2.